The fourth-order valence-corrected chi connectivity index (χ4v) is 2.37. The lowest BCUT2D eigenvalue weighted by Gasteiger charge is -2.34. The highest BCUT2D eigenvalue weighted by molar-refractivity contribution is 5.81. The molecule has 1 atom stereocenters. The first-order chi connectivity index (χ1) is 8.04. The topological polar surface area (TPSA) is 49.6 Å². The van der Waals surface area contributed by atoms with Crippen molar-refractivity contribution in [3.8, 4) is 0 Å². The number of carbonyl (C=O) groups is 1. The molecule has 0 aliphatic carbocycles. The van der Waals surface area contributed by atoms with Crippen LogP contribution in [0.5, 0.6) is 0 Å². The number of nitrogens with two attached hydrogens (primary N) is 1. The van der Waals surface area contributed by atoms with Gasteiger partial charge in [-0.3, -0.25) is 4.79 Å². The zero-order chi connectivity index (χ0) is 12.8. The van der Waals surface area contributed by atoms with Crippen LogP contribution >= 0.6 is 0 Å². The lowest BCUT2D eigenvalue weighted by atomic mass is 9.96. The number of hydrogen-bond acceptors (Lipinski definition) is 3. The van der Waals surface area contributed by atoms with Gasteiger partial charge in [0.15, 0.2) is 0 Å². The SMILES string of the molecule is C=CCC(N)C(=O)N1CCC(CN(C)C)CC1. The maximum atomic E-state index is 12.0. The molecule has 1 saturated heterocycles. The largest absolute Gasteiger partial charge is 0.341 e. The van der Waals surface area contributed by atoms with Gasteiger partial charge < -0.3 is 15.5 Å². The molecule has 1 unspecified atom stereocenters. The molecule has 1 amide bonds. The van der Waals surface area contributed by atoms with Crippen molar-refractivity contribution in [2.45, 2.75) is 25.3 Å². The third-order valence-electron chi connectivity index (χ3n) is 3.29. The summed E-state index contributed by atoms with van der Waals surface area (Å²) in [5.74, 6) is 0.790. The number of amides is 1. The third-order valence-corrected chi connectivity index (χ3v) is 3.29. The van der Waals surface area contributed by atoms with Crippen LogP contribution in [0, 0.1) is 5.92 Å². The molecule has 1 fully saturated rings. The highest BCUT2D eigenvalue weighted by Gasteiger charge is 2.25. The Balaban J connectivity index is 2.35. The van der Waals surface area contributed by atoms with Gasteiger partial charge in [-0.1, -0.05) is 6.08 Å². The Hall–Kier alpha value is -0.870. The van der Waals surface area contributed by atoms with Gasteiger partial charge in [-0.25, -0.2) is 0 Å². The number of nitrogens with zero attached hydrogens (tertiary/aromatic N) is 2. The molecule has 0 aromatic heterocycles. The van der Waals surface area contributed by atoms with Gasteiger partial charge in [0, 0.05) is 19.6 Å². The van der Waals surface area contributed by atoms with Crippen molar-refractivity contribution in [2.75, 3.05) is 33.7 Å². The monoisotopic (exact) mass is 239 g/mol. The fourth-order valence-electron chi connectivity index (χ4n) is 2.37. The molecule has 4 heteroatoms. The van der Waals surface area contributed by atoms with Crippen molar-refractivity contribution in [3.05, 3.63) is 12.7 Å². The highest BCUT2D eigenvalue weighted by atomic mass is 16.2. The molecule has 0 radical (unpaired) electrons. The number of rotatable bonds is 5. The second kappa shape index (κ2) is 6.77. The van der Waals surface area contributed by atoms with E-state index in [0.29, 0.717) is 12.3 Å². The number of hydrogen-bond donors (Lipinski definition) is 1. The summed E-state index contributed by atoms with van der Waals surface area (Å²) in [5.41, 5.74) is 5.80. The predicted molar refractivity (Wildman–Crippen MR) is 70.6 cm³/mol. The van der Waals surface area contributed by atoms with Gasteiger partial charge in [0.05, 0.1) is 6.04 Å². The summed E-state index contributed by atoms with van der Waals surface area (Å²) >= 11 is 0. The summed E-state index contributed by atoms with van der Waals surface area (Å²) in [6.07, 6.45) is 4.45. The van der Waals surface area contributed by atoms with Crippen molar-refractivity contribution >= 4 is 5.91 Å². The van der Waals surface area contributed by atoms with E-state index in [1.807, 2.05) is 4.90 Å². The average molecular weight is 239 g/mol. The average Bonchev–Trinajstić information content (AvgIpc) is 2.28. The van der Waals surface area contributed by atoms with E-state index in [0.717, 1.165) is 32.5 Å². The maximum absolute atomic E-state index is 12.0. The van der Waals surface area contributed by atoms with Gasteiger partial charge in [-0.2, -0.15) is 0 Å². The van der Waals surface area contributed by atoms with Crippen molar-refractivity contribution in [2.24, 2.45) is 11.7 Å². The molecule has 0 spiro atoms. The fraction of sp³-hybridized carbons (Fsp3) is 0.769. The number of piperidine rings is 1. The first-order valence-corrected chi connectivity index (χ1v) is 6.34. The van der Waals surface area contributed by atoms with E-state index in [1.54, 1.807) is 6.08 Å². The van der Waals surface area contributed by atoms with Gasteiger partial charge in [-0.15, -0.1) is 6.58 Å². The zero-order valence-corrected chi connectivity index (χ0v) is 11.1. The van der Waals surface area contributed by atoms with Crippen LogP contribution in [0.25, 0.3) is 0 Å². The van der Waals surface area contributed by atoms with Gasteiger partial charge in [0.25, 0.3) is 0 Å². The minimum atomic E-state index is -0.405. The van der Waals surface area contributed by atoms with Crippen molar-refractivity contribution in [1.82, 2.24) is 9.80 Å². The standard InChI is InChI=1S/C13H25N3O/c1-4-5-12(14)13(17)16-8-6-11(7-9-16)10-15(2)3/h4,11-12H,1,5-10,14H2,2-3H3. The van der Waals surface area contributed by atoms with Crippen LogP contribution in [0.4, 0.5) is 0 Å². The van der Waals surface area contributed by atoms with E-state index in [1.165, 1.54) is 0 Å². The smallest absolute Gasteiger partial charge is 0.239 e. The van der Waals surface area contributed by atoms with Gasteiger partial charge in [-0.05, 0) is 39.3 Å². The Kier molecular flexibility index (Phi) is 5.65. The van der Waals surface area contributed by atoms with Crippen LogP contribution < -0.4 is 5.73 Å². The van der Waals surface area contributed by atoms with Crippen molar-refractivity contribution in [3.63, 3.8) is 0 Å². The van der Waals surface area contributed by atoms with Crippen LogP contribution in [-0.2, 0) is 4.79 Å². The number of carbonyl (C=O) groups excluding carboxylic acids is 1. The Labute approximate surface area is 104 Å². The van der Waals surface area contributed by atoms with E-state index in [-0.39, 0.29) is 5.91 Å². The Morgan fingerprint density at radius 3 is 2.59 bits per heavy atom. The van der Waals surface area contributed by atoms with Gasteiger partial charge in [0.1, 0.15) is 0 Å². The van der Waals surface area contributed by atoms with E-state index in [9.17, 15) is 4.79 Å². The summed E-state index contributed by atoms with van der Waals surface area (Å²) in [5, 5.41) is 0. The highest BCUT2D eigenvalue weighted by Crippen LogP contribution is 2.18. The van der Waals surface area contributed by atoms with E-state index >= 15 is 0 Å². The normalized spacial score (nSPS) is 19.4. The lowest BCUT2D eigenvalue weighted by molar-refractivity contribution is -0.133. The zero-order valence-electron chi connectivity index (χ0n) is 11.1. The molecule has 1 aliphatic rings. The molecule has 1 rings (SSSR count). The molecule has 2 N–H and O–H groups in total. The van der Waals surface area contributed by atoms with E-state index < -0.39 is 6.04 Å². The summed E-state index contributed by atoms with van der Waals surface area (Å²) < 4.78 is 0. The lowest BCUT2D eigenvalue weighted by Crippen LogP contribution is -2.47. The van der Waals surface area contributed by atoms with Crippen LogP contribution in [-0.4, -0.2) is 55.5 Å². The Morgan fingerprint density at radius 1 is 1.53 bits per heavy atom. The molecule has 0 saturated carbocycles. The molecular weight excluding hydrogens is 214 g/mol. The second-order valence-corrected chi connectivity index (χ2v) is 5.16. The number of likely N-dealkylation sites (tertiary alicyclic amines) is 1. The summed E-state index contributed by atoms with van der Waals surface area (Å²) in [7, 11) is 4.19. The Bertz CT molecular complexity index is 257. The minimum Gasteiger partial charge on any atom is -0.341 e. The molecule has 17 heavy (non-hydrogen) atoms. The molecular formula is C13H25N3O. The maximum Gasteiger partial charge on any atom is 0.239 e. The van der Waals surface area contributed by atoms with Gasteiger partial charge >= 0.3 is 0 Å². The first kappa shape index (κ1) is 14.2. The third kappa shape index (κ3) is 4.48. The van der Waals surface area contributed by atoms with Crippen LogP contribution in [0.1, 0.15) is 19.3 Å². The summed E-state index contributed by atoms with van der Waals surface area (Å²) in [6, 6.07) is -0.405. The molecule has 98 valence electrons. The molecule has 4 nitrogen and oxygen atoms in total. The molecule has 1 heterocycles. The molecule has 0 aromatic rings. The van der Waals surface area contributed by atoms with E-state index in [2.05, 4.69) is 25.6 Å². The van der Waals surface area contributed by atoms with Crippen molar-refractivity contribution in [1.29, 1.82) is 0 Å². The van der Waals surface area contributed by atoms with E-state index in [4.69, 9.17) is 5.73 Å². The summed E-state index contributed by atoms with van der Waals surface area (Å²) in [6.45, 7) is 6.43. The molecule has 0 bridgehead atoms. The van der Waals surface area contributed by atoms with Crippen LogP contribution in [0.3, 0.4) is 0 Å². The molecule has 0 aromatic carbocycles. The van der Waals surface area contributed by atoms with Gasteiger partial charge in [0.2, 0.25) is 5.91 Å². The van der Waals surface area contributed by atoms with Crippen molar-refractivity contribution < 1.29 is 4.79 Å². The molecule has 1 aliphatic heterocycles. The second-order valence-electron chi connectivity index (χ2n) is 5.16. The quantitative estimate of drug-likeness (QED) is 0.718. The summed E-state index contributed by atoms with van der Waals surface area (Å²) in [4.78, 5) is 16.1. The first-order valence-electron chi connectivity index (χ1n) is 6.34. The minimum absolute atomic E-state index is 0.0770. The van der Waals surface area contributed by atoms with Crippen LogP contribution in [0.15, 0.2) is 12.7 Å². The Morgan fingerprint density at radius 2 is 2.12 bits per heavy atom. The van der Waals surface area contributed by atoms with Crippen LogP contribution in [0.2, 0.25) is 0 Å². The predicted octanol–water partition coefficient (Wildman–Crippen LogP) is 0.690.